The Balaban J connectivity index is 0.000000245. The van der Waals surface area contributed by atoms with Crippen LogP contribution in [-0.2, 0) is 16.0 Å². The number of anilines is 1. The van der Waals surface area contributed by atoms with Crippen molar-refractivity contribution in [3.8, 4) is 0 Å². The molecule has 0 amide bonds. The van der Waals surface area contributed by atoms with Crippen LogP contribution >= 0.6 is 11.6 Å². The Labute approximate surface area is 189 Å². The fourth-order valence-corrected chi connectivity index (χ4v) is 4.30. The predicted molar refractivity (Wildman–Crippen MR) is 125 cm³/mol. The van der Waals surface area contributed by atoms with Gasteiger partial charge >= 0.3 is 11.9 Å². The number of fused-ring (bicyclic) bond motifs is 1. The standard InChI is InChI=1S/C16H21ClO2.C9H11NO2/c1-11(6-9-15(18)19)10-13-8-7-12-4-2-3-5-14(12)16(13)17;1-7(9(11)12)10-8-5-3-2-4-6-8/h2-5,11,13,16H,6-10H2,1H3,(H,18,19);2-7,10H,1H3,(H,11,12). The van der Waals surface area contributed by atoms with Crippen LogP contribution in [0.2, 0.25) is 0 Å². The fourth-order valence-electron chi connectivity index (χ4n) is 3.86. The lowest BCUT2D eigenvalue weighted by molar-refractivity contribution is -0.138. The van der Waals surface area contributed by atoms with E-state index < -0.39 is 18.0 Å². The first-order valence-corrected chi connectivity index (χ1v) is 11.2. The topological polar surface area (TPSA) is 86.6 Å². The van der Waals surface area contributed by atoms with Crippen molar-refractivity contribution in [2.75, 3.05) is 5.32 Å². The van der Waals surface area contributed by atoms with E-state index in [0.717, 1.165) is 31.4 Å². The van der Waals surface area contributed by atoms with Crippen LogP contribution in [0.1, 0.15) is 56.0 Å². The van der Waals surface area contributed by atoms with Gasteiger partial charge < -0.3 is 15.5 Å². The number of hydrogen-bond donors (Lipinski definition) is 3. The van der Waals surface area contributed by atoms with Crippen molar-refractivity contribution in [1.29, 1.82) is 0 Å². The van der Waals surface area contributed by atoms with E-state index in [4.69, 9.17) is 21.8 Å². The molecule has 0 bridgehead atoms. The Morgan fingerprint density at radius 3 is 2.35 bits per heavy atom. The number of hydrogen-bond acceptors (Lipinski definition) is 3. The van der Waals surface area contributed by atoms with Crippen molar-refractivity contribution in [1.82, 2.24) is 0 Å². The highest BCUT2D eigenvalue weighted by atomic mass is 35.5. The summed E-state index contributed by atoms with van der Waals surface area (Å²) in [4.78, 5) is 21.0. The number of carboxylic acids is 2. The molecule has 0 aliphatic heterocycles. The maximum absolute atomic E-state index is 10.6. The van der Waals surface area contributed by atoms with Crippen LogP contribution < -0.4 is 5.32 Å². The maximum Gasteiger partial charge on any atom is 0.325 e. The molecule has 0 saturated heterocycles. The molecule has 4 unspecified atom stereocenters. The Bertz CT molecular complexity index is 842. The second kappa shape index (κ2) is 12.4. The molecule has 4 atom stereocenters. The molecule has 2 aromatic carbocycles. The van der Waals surface area contributed by atoms with Crippen LogP contribution in [0.15, 0.2) is 54.6 Å². The summed E-state index contributed by atoms with van der Waals surface area (Å²) in [6.45, 7) is 3.74. The number of carboxylic acid groups (broad SMARTS) is 2. The van der Waals surface area contributed by atoms with Crippen LogP contribution in [0.3, 0.4) is 0 Å². The molecule has 2 aromatic rings. The second-order valence-electron chi connectivity index (χ2n) is 8.24. The molecular formula is C25H32ClNO4. The Morgan fingerprint density at radius 1 is 1.06 bits per heavy atom. The van der Waals surface area contributed by atoms with Crippen molar-refractivity contribution in [3.05, 3.63) is 65.7 Å². The summed E-state index contributed by atoms with van der Waals surface area (Å²) in [5.74, 6) is -0.657. The van der Waals surface area contributed by atoms with Crippen LogP contribution in [0.25, 0.3) is 0 Å². The third-order valence-corrected chi connectivity index (χ3v) is 6.23. The second-order valence-corrected chi connectivity index (χ2v) is 8.71. The number of alkyl halides is 1. The number of halogens is 1. The molecule has 1 aliphatic rings. The van der Waals surface area contributed by atoms with Gasteiger partial charge in [-0.05, 0) is 67.7 Å². The monoisotopic (exact) mass is 445 g/mol. The van der Waals surface area contributed by atoms with Gasteiger partial charge in [0, 0.05) is 12.1 Å². The molecule has 0 aromatic heterocycles. The number of nitrogens with one attached hydrogen (secondary N) is 1. The van der Waals surface area contributed by atoms with E-state index in [1.54, 1.807) is 6.92 Å². The summed E-state index contributed by atoms with van der Waals surface area (Å²) in [5.41, 5.74) is 3.47. The smallest absolute Gasteiger partial charge is 0.325 e. The molecule has 0 radical (unpaired) electrons. The first-order valence-electron chi connectivity index (χ1n) is 10.8. The number of aryl methyl sites for hydroxylation is 1. The van der Waals surface area contributed by atoms with E-state index in [2.05, 4.69) is 30.4 Å². The highest BCUT2D eigenvalue weighted by Gasteiger charge is 2.28. The van der Waals surface area contributed by atoms with Gasteiger partial charge in [-0.25, -0.2) is 0 Å². The normalized spacial score (nSPS) is 19.2. The quantitative estimate of drug-likeness (QED) is 0.434. The van der Waals surface area contributed by atoms with Gasteiger partial charge in [-0.1, -0.05) is 49.4 Å². The molecule has 0 saturated carbocycles. The van der Waals surface area contributed by atoms with Gasteiger partial charge in [0.1, 0.15) is 6.04 Å². The van der Waals surface area contributed by atoms with E-state index in [1.165, 1.54) is 11.1 Å². The Morgan fingerprint density at radius 2 is 1.71 bits per heavy atom. The molecule has 168 valence electrons. The number of para-hydroxylation sites is 1. The minimum atomic E-state index is -0.848. The van der Waals surface area contributed by atoms with Gasteiger partial charge in [-0.15, -0.1) is 11.6 Å². The first-order chi connectivity index (χ1) is 14.8. The molecule has 6 heteroatoms. The molecule has 5 nitrogen and oxygen atoms in total. The molecule has 0 heterocycles. The lowest BCUT2D eigenvalue weighted by Crippen LogP contribution is -2.25. The molecule has 3 rings (SSSR count). The molecule has 0 fully saturated rings. The first kappa shape index (κ1) is 24.7. The zero-order valence-corrected chi connectivity index (χ0v) is 18.9. The van der Waals surface area contributed by atoms with Crippen molar-refractivity contribution in [2.24, 2.45) is 11.8 Å². The highest BCUT2D eigenvalue weighted by Crippen LogP contribution is 2.42. The molecular weight excluding hydrogens is 414 g/mol. The lowest BCUT2D eigenvalue weighted by atomic mass is 9.78. The summed E-state index contributed by atoms with van der Waals surface area (Å²) >= 11 is 6.60. The summed E-state index contributed by atoms with van der Waals surface area (Å²) in [5, 5.41) is 20.2. The maximum atomic E-state index is 10.6. The molecule has 31 heavy (non-hydrogen) atoms. The number of rotatable bonds is 8. The van der Waals surface area contributed by atoms with Gasteiger partial charge in [0.05, 0.1) is 5.38 Å². The fraction of sp³-hybridized carbons (Fsp3) is 0.440. The van der Waals surface area contributed by atoms with Gasteiger partial charge in [-0.3, -0.25) is 9.59 Å². The van der Waals surface area contributed by atoms with Gasteiger partial charge in [0.2, 0.25) is 0 Å². The third kappa shape index (κ3) is 8.25. The zero-order chi connectivity index (χ0) is 22.8. The summed E-state index contributed by atoms with van der Waals surface area (Å²) in [6, 6.07) is 17.1. The lowest BCUT2D eigenvalue weighted by Gasteiger charge is -2.31. The summed E-state index contributed by atoms with van der Waals surface area (Å²) < 4.78 is 0. The van der Waals surface area contributed by atoms with Gasteiger partial charge in [-0.2, -0.15) is 0 Å². The van der Waals surface area contributed by atoms with Crippen LogP contribution in [0.4, 0.5) is 5.69 Å². The van der Waals surface area contributed by atoms with Crippen molar-refractivity contribution < 1.29 is 19.8 Å². The minimum absolute atomic E-state index is 0.0808. The number of benzene rings is 2. The largest absolute Gasteiger partial charge is 0.481 e. The highest BCUT2D eigenvalue weighted by molar-refractivity contribution is 6.21. The molecule has 0 spiro atoms. The van der Waals surface area contributed by atoms with E-state index in [-0.39, 0.29) is 11.8 Å². The zero-order valence-electron chi connectivity index (χ0n) is 18.1. The van der Waals surface area contributed by atoms with E-state index >= 15 is 0 Å². The third-order valence-electron chi connectivity index (χ3n) is 5.63. The van der Waals surface area contributed by atoms with Crippen LogP contribution in [0.5, 0.6) is 0 Å². The predicted octanol–water partition coefficient (Wildman–Crippen LogP) is 5.99. The van der Waals surface area contributed by atoms with Crippen molar-refractivity contribution >= 4 is 29.2 Å². The summed E-state index contributed by atoms with van der Waals surface area (Å²) in [7, 11) is 0. The number of carbonyl (C=O) groups is 2. The van der Waals surface area contributed by atoms with Crippen LogP contribution in [0, 0.1) is 11.8 Å². The molecule has 3 N–H and O–H groups in total. The number of aliphatic carboxylic acids is 2. The molecule has 1 aliphatic carbocycles. The van der Waals surface area contributed by atoms with E-state index in [0.29, 0.717) is 11.8 Å². The van der Waals surface area contributed by atoms with Gasteiger partial charge in [0.15, 0.2) is 0 Å². The van der Waals surface area contributed by atoms with Crippen molar-refractivity contribution in [3.63, 3.8) is 0 Å². The van der Waals surface area contributed by atoms with Crippen LogP contribution in [-0.4, -0.2) is 28.2 Å². The van der Waals surface area contributed by atoms with Gasteiger partial charge in [0.25, 0.3) is 0 Å². The van der Waals surface area contributed by atoms with E-state index in [9.17, 15) is 9.59 Å². The average Bonchev–Trinajstić information content (AvgIpc) is 2.75. The Kier molecular flexibility index (Phi) is 9.86. The Hall–Kier alpha value is -2.53. The van der Waals surface area contributed by atoms with Crippen molar-refractivity contribution in [2.45, 2.75) is 57.4 Å². The summed E-state index contributed by atoms with van der Waals surface area (Å²) in [6.07, 6.45) is 4.24. The average molecular weight is 446 g/mol. The minimum Gasteiger partial charge on any atom is -0.481 e. The van der Waals surface area contributed by atoms with E-state index in [1.807, 2.05) is 36.4 Å². The SMILES string of the molecule is CC(CCC(=O)O)CC1CCc2ccccc2C1Cl.CC(Nc1ccccc1)C(=O)O.